The highest BCUT2D eigenvalue weighted by Crippen LogP contribution is 2.50. The Hall–Kier alpha value is -2.90. The molecular weight excluding hydrogens is 551 g/mol. The molecular formula is C24H17F9N2O2S. The lowest BCUT2D eigenvalue weighted by atomic mass is 9.84. The van der Waals surface area contributed by atoms with E-state index in [0.29, 0.717) is 11.5 Å². The maximum Gasteiger partial charge on any atom is 0.435 e. The number of likely N-dealkylation sites (tertiary alicyclic amines) is 1. The summed E-state index contributed by atoms with van der Waals surface area (Å²) in [6, 6.07) is 5.01. The Bertz CT molecular complexity index is 1300. The number of rotatable bonds is 4. The molecule has 1 amide bonds. The number of thioether (sulfide) groups is 1. The summed E-state index contributed by atoms with van der Waals surface area (Å²) < 4.78 is 125. The summed E-state index contributed by atoms with van der Waals surface area (Å²) >= 11 is 1.62. The van der Waals surface area contributed by atoms with Crippen LogP contribution < -0.4 is 0 Å². The standard InChI is InChI=1S/C24H17F9N2O2S/c25-17-6-15(5-16(19(17)26)23(28,29)30)22(24(31,32)33)7-18(34-37-22)12-1-3-14(4-2-12)21(27)10-35(11-21)20(36)13-8-38-9-13/h1-6,13H,7-11H2. The van der Waals surface area contributed by atoms with E-state index in [2.05, 4.69) is 9.99 Å². The van der Waals surface area contributed by atoms with Crippen LogP contribution in [0.1, 0.15) is 28.7 Å². The zero-order valence-electron chi connectivity index (χ0n) is 19.1. The zero-order chi connectivity index (χ0) is 27.7. The Morgan fingerprint density at radius 2 is 1.63 bits per heavy atom. The van der Waals surface area contributed by atoms with Gasteiger partial charge in [0, 0.05) is 23.5 Å². The molecule has 4 nitrogen and oxygen atoms in total. The summed E-state index contributed by atoms with van der Waals surface area (Å²) in [5.74, 6) is -3.33. The van der Waals surface area contributed by atoms with Crippen molar-refractivity contribution in [1.29, 1.82) is 0 Å². The molecule has 5 rings (SSSR count). The quantitative estimate of drug-likeness (QED) is 0.430. The number of hydrogen-bond donors (Lipinski definition) is 0. The lowest BCUT2D eigenvalue weighted by Crippen LogP contribution is -2.61. The fourth-order valence-corrected chi connectivity index (χ4v) is 5.34. The maximum absolute atomic E-state index is 15.3. The smallest absolute Gasteiger partial charge is 0.374 e. The van der Waals surface area contributed by atoms with E-state index in [1.165, 1.54) is 29.2 Å². The van der Waals surface area contributed by atoms with Gasteiger partial charge in [-0.25, -0.2) is 13.2 Å². The summed E-state index contributed by atoms with van der Waals surface area (Å²) in [4.78, 5) is 18.3. The van der Waals surface area contributed by atoms with Crippen LogP contribution in [0.4, 0.5) is 39.5 Å². The summed E-state index contributed by atoms with van der Waals surface area (Å²) in [7, 11) is 0. The number of hydrogen-bond acceptors (Lipinski definition) is 4. The van der Waals surface area contributed by atoms with Gasteiger partial charge in [-0.05, 0) is 23.3 Å². The van der Waals surface area contributed by atoms with Gasteiger partial charge in [-0.2, -0.15) is 38.1 Å². The maximum atomic E-state index is 15.3. The SMILES string of the molecule is O=C(C1CSC1)N1CC(F)(c2ccc(C3=NOC(c4cc(F)c(F)c(C(F)(F)F)c4)(C(F)(F)F)C3)cc2)C1. The average Bonchev–Trinajstić information content (AvgIpc) is 3.24. The van der Waals surface area contributed by atoms with Crippen LogP contribution in [0.15, 0.2) is 41.6 Å². The molecule has 0 aromatic heterocycles. The molecule has 0 spiro atoms. The van der Waals surface area contributed by atoms with Crippen molar-refractivity contribution in [2.75, 3.05) is 24.6 Å². The first-order valence-corrected chi connectivity index (χ1v) is 12.3. The van der Waals surface area contributed by atoms with E-state index in [4.69, 9.17) is 0 Å². The highest BCUT2D eigenvalue weighted by molar-refractivity contribution is 8.00. The van der Waals surface area contributed by atoms with E-state index in [9.17, 15) is 39.9 Å². The predicted octanol–water partition coefficient (Wildman–Crippen LogP) is 5.94. The molecule has 0 saturated carbocycles. The Morgan fingerprint density at radius 3 is 2.16 bits per heavy atom. The number of carbonyl (C=O) groups is 1. The van der Waals surface area contributed by atoms with Gasteiger partial charge >= 0.3 is 12.4 Å². The molecule has 2 aromatic carbocycles. The zero-order valence-corrected chi connectivity index (χ0v) is 19.9. The van der Waals surface area contributed by atoms with E-state index in [1.807, 2.05) is 0 Å². The molecule has 204 valence electrons. The monoisotopic (exact) mass is 568 g/mol. The first kappa shape index (κ1) is 26.7. The van der Waals surface area contributed by atoms with E-state index in [-0.39, 0.29) is 53.9 Å². The van der Waals surface area contributed by atoms with Crippen LogP contribution in [-0.2, 0) is 27.1 Å². The Morgan fingerprint density at radius 1 is 1.00 bits per heavy atom. The van der Waals surface area contributed by atoms with E-state index < -0.39 is 52.8 Å². The molecule has 3 heterocycles. The van der Waals surface area contributed by atoms with Crippen LogP contribution >= 0.6 is 11.8 Å². The summed E-state index contributed by atoms with van der Waals surface area (Å²) in [5.41, 5.74) is -8.97. The van der Waals surface area contributed by atoms with E-state index in [0.717, 1.165) is 0 Å². The largest absolute Gasteiger partial charge is 0.435 e. The lowest BCUT2D eigenvalue weighted by Gasteiger charge is -2.46. The van der Waals surface area contributed by atoms with Gasteiger partial charge in [-0.15, -0.1) is 0 Å². The summed E-state index contributed by atoms with van der Waals surface area (Å²) in [6.07, 6.45) is -12.0. The fourth-order valence-electron chi connectivity index (χ4n) is 4.58. The van der Waals surface area contributed by atoms with Crippen LogP contribution in [0, 0.1) is 17.6 Å². The van der Waals surface area contributed by atoms with Gasteiger partial charge in [0.05, 0.1) is 30.3 Å². The number of amides is 1. The van der Waals surface area contributed by atoms with Crippen LogP contribution in [0.5, 0.6) is 0 Å². The molecule has 3 aliphatic rings. The third-order valence-corrected chi connectivity index (χ3v) is 8.18. The molecule has 0 bridgehead atoms. The van der Waals surface area contributed by atoms with Crippen LogP contribution in [0.2, 0.25) is 0 Å². The summed E-state index contributed by atoms with van der Waals surface area (Å²) in [6.45, 7) is -0.323. The predicted molar refractivity (Wildman–Crippen MR) is 118 cm³/mol. The number of benzene rings is 2. The van der Waals surface area contributed by atoms with Gasteiger partial charge in [0.25, 0.3) is 5.60 Å². The first-order valence-electron chi connectivity index (χ1n) is 11.2. The number of nitrogens with zero attached hydrogens (tertiary/aromatic N) is 2. The third-order valence-electron chi connectivity index (χ3n) is 6.90. The molecule has 1 unspecified atom stereocenters. The minimum atomic E-state index is -5.47. The second-order valence-corrected chi connectivity index (χ2v) is 10.5. The van der Waals surface area contributed by atoms with Crippen molar-refractivity contribution in [3.8, 4) is 0 Å². The molecule has 0 aliphatic carbocycles. The number of carbonyl (C=O) groups excluding carboxylic acids is 1. The molecule has 0 N–H and O–H groups in total. The van der Waals surface area contributed by atoms with Gasteiger partial charge in [0.1, 0.15) is 0 Å². The summed E-state index contributed by atoms with van der Waals surface area (Å²) in [5, 5.41) is 3.39. The number of halogens is 9. The second-order valence-electron chi connectivity index (χ2n) is 9.42. The van der Waals surface area contributed by atoms with Crippen molar-refractivity contribution < 1.29 is 49.1 Å². The van der Waals surface area contributed by atoms with Gasteiger partial charge in [-0.3, -0.25) is 4.79 Å². The minimum Gasteiger partial charge on any atom is -0.374 e. The topological polar surface area (TPSA) is 41.9 Å². The van der Waals surface area contributed by atoms with E-state index >= 15 is 4.39 Å². The lowest BCUT2D eigenvalue weighted by molar-refractivity contribution is -0.276. The van der Waals surface area contributed by atoms with Crippen LogP contribution in [0.25, 0.3) is 0 Å². The van der Waals surface area contributed by atoms with Gasteiger partial charge in [0.2, 0.25) is 5.91 Å². The normalized spacial score (nSPS) is 23.4. The molecule has 3 aliphatic heterocycles. The molecule has 2 aromatic rings. The number of alkyl halides is 7. The number of oxime groups is 1. The van der Waals surface area contributed by atoms with Gasteiger partial charge in [-0.1, -0.05) is 29.4 Å². The van der Waals surface area contributed by atoms with Crippen molar-refractivity contribution >= 4 is 23.4 Å². The first-order chi connectivity index (χ1) is 17.6. The van der Waals surface area contributed by atoms with Crippen molar-refractivity contribution in [2.24, 2.45) is 11.1 Å². The van der Waals surface area contributed by atoms with Crippen LogP contribution in [0.3, 0.4) is 0 Å². The third kappa shape index (κ3) is 4.30. The highest BCUT2D eigenvalue weighted by Gasteiger charge is 2.63. The Balaban J connectivity index is 1.37. The van der Waals surface area contributed by atoms with E-state index in [1.54, 1.807) is 11.8 Å². The van der Waals surface area contributed by atoms with Gasteiger partial charge in [0.15, 0.2) is 17.3 Å². The molecule has 0 radical (unpaired) electrons. The van der Waals surface area contributed by atoms with Crippen molar-refractivity contribution in [3.63, 3.8) is 0 Å². The van der Waals surface area contributed by atoms with Gasteiger partial charge < -0.3 is 9.74 Å². The second kappa shape index (κ2) is 8.82. The Labute approximate surface area is 213 Å². The molecule has 2 fully saturated rings. The fraction of sp³-hybridized carbons (Fsp3) is 0.417. The highest BCUT2D eigenvalue weighted by atomic mass is 32.2. The molecule has 1 atom stereocenters. The van der Waals surface area contributed by atoms with Crippen molar-refractivity contribution in [1.82, 2.24) is 4.90 Å². The Kier molecular flexibility index (Phi) is 6.19. The molecule has 38 heavy (non-hydrogen) atoms. The average molecular weight is 568 g/mol. The van der Waals surface area contributed by atoms with Crippen molar-refractivity contribution in [3.05, 3.63) is 70.3 Å². The minimum absolute atomic E-state index is 0.00158. The molecule has 2 saturated heterocycles. The molecule has 14 heteroatoms. The van der Waals surface area contributed by atoms with Crippen molar-refractivity contribution in [2.45, 2.75) is 30.0 Å². The van der Waals surface area contributed by atoms with Crippen LogP contribution in [-0.4, -0.2) is 47.3 Å².